The second-order valence-corrected chi connectivity index (χ2v) is 8.09. The molecule has 102 valence electrons. The first-order valence-electron chi connectivity index (χ1n) is 6.75. The topological polar surface area (TPSA) is 20.2 Å². The molecule has 1 unspecified atom stereocenters. The fraction of sp³-hybridized carbons (Fsp3) is 0.467. The van der Waals surface area contributed by atoms with Gasteiger partial charge in [0.05, 0.1) is 6.10 Å². The second kappa shape index (κ2) is 6.08. The van der Waals surface area contributed by atoms with Crippen molar-refractivity contribution >= 4 is 38.6 Å². The van der Waals surface area contributed by atoms with Gasteiger partial charge in [-0.25, -0.2) is 0 Å². The van der Waals surface area contributed by atoms with Crippen LogP contribution in [0.4, 0.5) is 0 Å². The third kappa shape index (κ3) is 3.13. The molecule has 4 heteroatoms. The Labute approximate surface area is 130 Å². The van der Waals surface area contributed by atoms with E-state index in [9.17, 15) is 5.11 Å². The number of halogens is 1. The van der Waals surface area contributed by atoms with Gasteiger partial charge in [0.15, 0.2) is 0 Å². The van der Waals surface area contributed by atoms with Crippen LogP contribution in [0.5, 0.6) is 0 Å². The van der Waals surface area contributed by atoms with Crippen molar-refractivity contribution in [1.29, 1.82) is 0 Å². The Balaban J connectivity index is 1.77. The van der Waals surface area contributed by atoms with Gasteiger partial charge in [-0.2, -0.15) is 0 Å². The summed E-state index contributed by atoms with van der Waals surface area (Å²) < 4.78 is 1.12. The summed E-state index contributed by atoms with van der Waals surface area (Å²) in [5, 5.41) is 12.5. The first kappa shape index (κ1) is 13.8. The molecule has 0 amide bonds. The standard InChI is InChI=1S/C15H17BrOS2/c16-11-6-7-18-14(11)9-12(17)15-8-10-4-2-1-3-5-13(10)19-15/h6-8,12,17H,1-5,9H2. The normalized spacial score (nSPS) is 16.9. The van der Waals surface area contributed by atoms with E-state index in [-0.39, 0.29) is 6.10 Å². The maximum Gasteiger partial charge on any atom is 0.0930 e. The first-order chi connectivity index (χ1) is 9.24. The summed E-state index contributed by atoms with van der Waals surface area (Å²) >= 11 is 7.07. The van der Waals surface area contributed by atoms with E-state index in [1.54, 1.807) is 11.3 Å². The number of rotatable bonds is 3. The predicted molar refractivity (Wildman–Crippen MR) is 86.3 cm³/mol. The minimum absolute atomic E-state index is 0.355. The first-order valence-corrected chi connectivity index (χ1v) is 9.24. The largest absolute Gasteiger partial charge is 0.387 e. The lowest BCUT2D eigenvalue weighted by Crippen LogP contribution is -1.98. The average molecular weight is 357 g/mol. The molecule has 1 aliphatic rings. The van der Waals surface area contributed by atoms with E-state index >= 15 is 0 Å². The zero-order valence-corrected chi connectivity index (χ0v) is 13.9. The summed E-state index contributed by atoms with van der Waals surface area (Å²) in [7, 11) is 0. The van der Waals surface area contributed by atoms with Crippen molar-refractivity contribution < 1.29 is 5.11 Å². The van der Waals surface area contributed by atoms with Gasteiger partial charge in [0.2, 0.25) is 0 Å². The van der Waals surface area contributed by atoms with Crippen LogP contribution in [0.2, 0.25) is 0 Å². The molecule has 19 heavy (non-hydrogen) atoms. The fourth-order valence-electron chi connectivity index (χ4n) is 2.60. The number of aliphatic hydroxyl groups is 1. The van der Waals surface area contributed by atoms with Crippen molar-refractivity contribution in [3.05, 3.63) is 42.2 Å². The number of fused-ring (bicyclic) bond motifs is 1. The maximum absolute atomic E-state index is 10.4. The highest BCUT2D eigenvalue weighted by Crippen LogP contribution is 2.35. The van der Waals surface area contributed by atoms with Gasteiger partial charge in [0.1, 0.15) is 0 Å². The van der Waals surface area contributed by atoms with Gasteiger partial charge in [-0.1, -0.05) is 6.42 Å². The molecule has 2 aromatic rings. The monoisotopic (exact) mass is 356 g/mol. The van der Waals surface area contributed by atoms with E-state index in [0.29, 0.717) is 0 Å². The molecule has 0 bridgehead atoms. The van der Waals surface area contributed by atoms with Crippen LogP contribution in [0.1, 0.15) is 45.6 Å². The van der Waals surface area contributed by atoms with E-state index in [1.165, 1.54) is 47.4 Å². The van der Waals surface area contributed by atoms with Crippen molar-refractivity contribution in [2.75, 3.05) is 0 Å². The lowest BCUT2D eigenvalue weighted by Gasteiger charge is -2.07. The molecule has 3 rings (SSSR count). The highest BCUT2D eigenvalue weighted by atomic mass is 79.9. The van der Waals surface area contributed by atoms with Crippen LogP contribution in [0, 0.1) is 0 Å². The Morgan fingerprint density at radius 2 is 2.11 bits per heavy atom. The number of thiophene rings is 2. The van der Waals surface area contributed by atoms with E-state index in [2.05, 4.69) is 33.4 Å². The Bertz CT molecular complexity index is 535. The molecular weight excluding hydrogens is 340 g/mol. The second-order valence-electron chi connectivity index (χ2n) is 5.07. The third-order valence-electron chi connectivity index (χ3n) is 3.66. The zero-order valence-electron chi connectivity index (χ0n) is 10.7. The average Bonchev–Trinajstić information content (AvgIpc) is 2.91. The van der Waals surface area contributed by atoms with Crippen LogP contribution in [0.3, 0.4) is 0 Å². The zero-order chi connectivity index (χ0) is 13.2. The van der Waals surface area contributed by atoms with Crippen LogP contribution in [0.25, 0.3) is 0 Å². The van der Waals surface area contributed by atoms with Crippen LogP contribution in [0.15, 0.2) is 22.0 Å². The van der Waals surface area contributed by atoms with E-state index in [0.717, 1.165) is 15.8 Å². The third-order valence-corrected chi connectivity index (χ3v) is 6.95. The molecule has 1 atom stereocenters. The lowest BCUT2D eigenvalue weighted by molar-refractivity contribution is 0.183. The van der Waals surface area contributed by atoms with E-state index in [4.69, 9.17) is 0 Å². The number of hydrogen-bond acceptors (Lipinski definition) is 3. The molecule has 0 aromatic carbocycles. The summed E-state index contributed by atoms with van der Waals surface area (Å²) in [4.78, 5) is 3.89. The molecule has 0 saturated heterocycles. The van der Waals surface area contributed by atoms with Crippen LogP contribution >= 0.6 is 38.6 Å². The van der Waals surface area contributed by atoms with Gasteiger partial charge in [-0.3, -0.25) is 0 Å². The van der Waals surface area contributed by atoms with Gasteiger partial charge in [0.25, 0.3) is 0 Å². The Morgan fingerprint density at radius 1 is 1.26 bits per heavy atom. The molecule has 0 spiro atoms. The van der Waals surface area contributed by atoms with Crippen LogP contribution in [-0.2, 0) is 19.3 Å². The van der Waals surface area contributed by atoms with Crippen molar-refractivity contribution in [3.8, 4) is 0 Å². The smallest absolute Gasteiger partial charge is 0.0930 e. The SMILES string of the molecule is OC(Cc1sccc1Br)c1cc2c(s1)CCCCC2. The van der Waals surface area contributed by atoms with Gasteiger partial charge in [-0.05, 0) is 64.7 Å². The summed E-state index contributed by atoms with van der Waals surface area (Å²) in [6, 6.07) is 4.30. The summed E-state index contributed by atoms with van der Waals surface area (Å²) in [6.45, 7) is 0. The fourth-order valence-corrected chi connectivity index (χ4v) is 5.40. The van der Waals surface area contributed by atoms with Crippen LogP contribution < -0.4 is 0 Å². The molecular formula is C15H17BrOS2. The quantitative estimate of drug-likeness (QED) is 0.756. The molecule has 2 aromatic heterocycles. The van der Waals surface area contributed by atoms with Crippen molar-refractivity contribution in [1.82, 2.24) is 0 Å². The highest BCUT2D eigenvalue weighted by Gasteiger charge is 2.18. The van der Waals surface area contributed by atoms with Gasteiger partial charge in [-0.15, -0.1) is 22.7 Å². The summed E-state index contributed by atoms with van der Waals surface area (Å²) in [6.07, 6.45) is 6.72. The molecule has 0 radical (unpaired) electrons. The molecule has 0 saturated carbocycles. The molecule has 1 nitrogen and oxygen atoms in total. The maximum atomic E-state index is 10.4. The van der Waals surface area contributed by atoms with Gasteiger partial charge < -0.3 is 5.11 Å². The number of hydrogen-bond donors (Lipinski definition) is 1. The molecule has 0 aliphatic heterocycles. The predicted octanol–water partition coefficient (Wildman–Crippen LogP) is 5.12. The minimum atomic E-state index is -0.355. The Kier molecular flexibility index (Phi) is 4.42. The Hall–Kier alpha value is -0.160. The molecule has 0 fully saturated rings. The van der Waals surface area contributed by atoms with Gasteiger partial charge in [0, 0.05) is 25.5 Å². The van der Waals surface area contributed by atoms with Gasteiger partial charge >= 0.3 is 0 Å². The van der Waals surface area contributed by atoms with Crippen molar-refractivity contribution in [2.45, 2.75) is 44.6 Å². The highest BCUT2D eigenvalue weighted by molar-refractivity contribution is 9.10. The summed E-state index contributed by atoms with van der Waals surface area (Å²) in [5.41, 5.74) is 1.49. The van der Waals surface area contributed by atoms with Crippen molar-refractivity contribution in [2.24, 2.45) is 0 Å². The minimum Gasteiger partial charge on any atom is -0.387 e. The van der Waals surface area contributed by atoms with E-state index < -0.39 is 0 Å². The number of aliphatic hydroxyl groups excluding tert-OH is 1. The van der Waals surface area contributed by atoms with E-state index in [1.807, 2.05) is 11.3 Å². The molecule has 2 heterocycles. The lowest BCUT2D eigenvalue weighted by atomic mass is 10.1. The summed E-state index contributed by atoms with van der Waals surface area (Å²) in [5.74, 6) is 0. The molecule has 1 N–H and O–H groups in total. The Morgan fingerprint density at radius 3 is 2.89 bits per heavy atom. The molecule has 1 aliphatic carbocycles. The van der Waals surface area contributed by atoms with Crippen LogP contribution in [-0.4, -0.2) is 5.11 Å². The number of aryl methyl sites for hydroxylation is 2. The van der Waals surface area contributed by atoms with Crippen molar-refractivity contribution in [3.63, 3.8) is 0 Å².